The van der Waals surface area contributed by atoms with Crippen LogP contribution in [0.5, 0.6) is 0 Å². The lowest BCUT2D eigenvalue weighted by atomic mass is 10.0. The quantitative estimate of drug-likeness (QED) is 0.656. The first-order valence-corrected chi connectivity index (χ1v) is 5.52. The van der Waals surface area contributed by atoms with Gasteiger partial charge in [0, 0.05) is 13.2 Å². The first kappa shape index (κ1) is 11.0. The zero-order chi connectivity index (χ0) is 9.68. The fraction of sp³-hybridized carbons (Fsp3) is 1.00. The van der Waals surface area contributed by atoms with Crippen molar-refractivity contribution in [1.82, 2.24) is 5.32 Å². The van der Waals surface area contributed by atoms with E-state index in [0.29, 0.717) is 12.1 Å². The molecule has 0 bridgehead atoms. The second-order valence-corrected chi connectivity index (χ2v) is 4.22. The first-order valence-electron chi connectivity index (χ1n) is 5.52. The third kappa shape index (κ3) is 4.63. The lowest BCUT2D eigenvalue weighted by Crippen LogP contribution is -2.32. The van der Waals surface area contributed by atoms with Crippen molar-refractivity contribution in [3.63, 3.8) is 0 Å². The van der Waals surface area contributed by atoms with Crippen LogP contribution in [0.2, 0.25) is 0 Å². The number of hydrogen-bond acceptors (Lipinski definition) is 2. The predicted molar refractivity (Wildman–Crippen MR) is 55.9 cm³/mol. The molecule has 0 aromatic heterocycles. The molecule has 13 heavy (non-hydrogen) atoms. The maximum absolute atomic E-state index is 5.29. The van der Waals surface area contributed by atoms with Crippen molar-refractivity contribution in [2.45, 2.75) is 51.7 Å². The lowest BCUT2D eigenvalue weighted by molar-refractivity contribution is 0.0988. The highest BCUT2D eigenvalue weighted by molar-refractivity contribution is 4.81. The first-order chi connectivity index (χ1) is 6.26. The lowest BCUT2D eigenvalue weighted by Gasteiger charge is -2.20. The topological polar surface area (TPSA) is 21.3 Å². The van der Waals surface area contributed by atoms with Gasteiger partial charge >= 0.3 is 0 Å². The summed E-state index contributed by atoms with van der Waals surface area (Å²) < 4.78 is 5.29. The molecule has 1 aliphatic carbocycles. The summed E-state index contributed by atoms with van der Waals surface area (Å²) in [6, 6.07) is 0.674. The SMILES string of the molecule is CCNC(CC1CC1)CC(C)OC. The molecule has 1 N–H and O–H groups in total. The van der Waals surface area contributed by atoms with E-state index >= 15 is 0 Å². The average molecular weight is 185 g/mol. The molecule has 0 amide bonds. The van der Waals surface area contributed by atoms with Gasteiger partial charge < -0.3 is 10.1 Å². The highest BCUT2D eigenvalue weighted by Gasteiger charge is 2.25. The van der Waals surface area contributed by atoms with E-state index in [1.807, 2.05) is 0 Å². The van der Waals surface area contributed by atoms with Crippen molar-refractivity contribution in [3.05, 3.63) is 0 Å². The molecule has 0 saturated heterocycles. The van der Waals surface area contributed by atoms with Gasteiger partial charge in [-0.2, -0.15) is 0 Å². The van der Waals surface area contributed by atoms with Gasteiger partial charge in [-0.1, -0.05) is 19.8 Å². The van der Waals surface area contributed by atoms with Crippen molar-refractivity contribution < 1.29 is 4.74 Å². The molecule has 1 aliphatic rings. The van der Waals surface area contributed by atoms with Crippen LogP contribution in [0.4, 0.5) is 0 Å². The number of methoxy groups -OCH3 is 1. The molecule has 0 aliphatic heterocycles. The van der Waals surface area contributed by atoms with Crippen LogP contribution >= 0.6 is 0 Å². The smallest absolute Gasteiger partial charge is 0.0558 e. The Kier molecular flexibility index (Phi) is 4.74. The number of rotatable bonds is 7. The monoisotopic (exact) mass is 185 g/mol. The van der Waals surface area contributed by atoms with Gasteiger partial charge in [0.25, 0.3) is 0 Å². The molecule has 0 aromatic carbocycles. The molecular weight excluding hydrogens is 162 g/mol. The van der Waals surface area contributed by atoms with Crippen molar-refractivity contribution in [1.29, 1.82) is 0 Å². The standard InChI is InChI=1S/C11H23NO/c1-4-12-11(7-9(2)13-3)8-10-5-6-10/h9-12H,4-8H2,1-3H3. The number of ether oxygens (including phenoxy) is 1. The minimum Gasteiger partial charge on any atom is -0.382 e. The van der Waals surface area contributed by atoms with Gasteiger partial charge in [-0.3, -0.25) is 0 Å². The second-order valence-electron chi connectivity index (χ2n) is 4.22. The molecule has 2 nitrogen and oxygen atoms in total. The van der Waals surface area contributed by atoms with Crippen molar-refractivity contribution >= 4 is 0 Å². The fourth-order valence-corrected chi connectivity index (χ4v) is 1.80. The fourth-order valence-electron chi connectivity index (χ4n) is 1.80. The van der Waals surface area contributed by atoms with Crippen LogP contribution in [0.25, 0.3) is 0 Å². The van der Waals surface area contributed by atoms with Crippen LogP contribution in [0.15, 0.2) is 0 Å². The minimum atomic E-state index is 0.391. The zero-order valence-electron chi connectivity index (χ0n) is 9.18. The minimum absolute atomic E-state index is 0.391. The maximum Gasteiger partial charge on any atom is 0.0558 e. The van der Waals surface area contributed by atoms with E-state index in [9.17, 15) is 0 Å². The summed E-state index contributed by atoms with van der Waals surface area (Å²) in [5, 5.41) is 3.54. The highest BCUT2D eigenvalue weighted by atomic mass is 16.5. The maximum atomic E-state index is 5.29. The Morgan fingerprint density at radius 2 is 2.15 bits per heavy atom. The Balaban J connectivity index is 2.18. The molecule has 0 spiro atoms. The summed E-state index contributed by atoms with van der Waals surface area (Å²) in [6.07, 6.45) is 5.79. The summed E-state index contributed by atoms with van der Waals surface area (Å²) in [5.74, 6) is 1.01. The number of nitrogens with one attached hydrogen (secondary N) is 1. The van der Waals surface area contributed by atoms with Crippen molar-refractivity contribution in [2.24, 2.45) is 5.92 Å². The Morgan fingerprint density at radius 3 is 2.62 bits per heavy atom. The third-order valence-corrected chi connectivity index (χ3v) is 2.83. The Morgan fingerprint density at radius 1 is 1.46 bits per heavy atom. The van der Waals surface area contributed by atoms with E-state index < -0.39 is 0 Å². The van der Waals surface area contributed by atoms with E-state index in [1.54, 1.807) is 7.11 Å². The van der Waals surface area contributed by atoms with E-state index in [1.165, 1.54) is 19.3 Å². The molecule has 0 heterocycles. The van der Waals surface area contributed by atoms with Gasteiger partial charge in [0.1, 0.15) is 0 Å². The molecule has 1 fully saturated rings. The van der Waals surface area contributed by atoms with E-state index in [2.05, 4.69) is 19.2 Å². The van der Waals surface area contributed by atoms with Gasteiger partial charge in [0.05, 0.1) is 6.10 Å². The second kappa shape index (κ2) is 5.61. The van der Waals surface area contributed by atoms with Gasteiger partial charge in [-0.15, -0.1) is 0 Å². The van der Waals surface area contributed by atoms with E-state index in [4.69, 9.17) is 4.74 Å². The largest absolute Gasteiger partial charge is 0.382 e. The molecule has 78 valence electrons. The Labute approximate surface area is 82.0 Å². The van der Waals surface area contributed by atoms with E-state index in [-0.39, 0.29) is 0 Å². The molecule has 2 unspecified atom stereocenters. The molecule has 0 aromatic rings. The van der Waals surface area contributed by atoms with Crippen LogP contribution < -0.4 is 5.32 Å². The summed E-state index contributed by atoms with van der Waals surface area (Å²) in [5.41, 5.74) is 0. The van der Waals surface area contributed by atoms with Crippen LogP contribution in [0.3, 0.4) is 0 Å². The van der Waals surface area contributed by atoms with Crippen LogP contribution in [-0.4, -0.2) is 25.8 Å². The Hall–Kier alpha value is -0.0800. The van der Waals surface area contributed by atoms with Gasteiger partial charge in [-0.25, -0.2) is 0 Å². The summed E-state index contributed by atoms with van der Waals surface area (Å²) in [6.45, 7) is 5.41. The van der Waals surface area contributed by atoms with Crippen LogP contribution in [-0.2, 0) is 4.74 Å². The van der Waals surface area contributed by atoms with Gasteiger partial charge in [-0.05, 0) is 32.2 Å². The molecule has 1 saturated carbocycles. The molecule has 2 heteroatoms. The normalized spacial score (nSPS) is 21.5. The summed E-state index contributed by atoms with van der Waals surface area (Å²) >= 11 is 0. The molecular formula is C11H23NO. The summed E-state index contributed by atoms with van der Waals surface area (Å²) in [7, 11) is 1.80. The van der Waals surface area contributed by atoms with E-state index in [0.717, 1.165) is 18.9 Å². The molecule has 0 radical (unpaired) electrons. The van der Waals surface area contributed by atoms with Crippen molar-refractivity contribution in [2.75, 3.05) is 13.7 Å². The number of hydrogen-bond donors (Lipinski definition) is 1. The zero-order valence-corrected chi connectivity index (χ0v) is 9.18. The average Bonchev–Trinajstić information content (AvgIpc) is 2.88. The highest BCUT2D eigenvalue weighted by Crippen LogP contribution is 2.34. The van der Waals surface area contributed by atoms with Crippen molar-refractivity contribution in [3.8, 4) is 0 Å². The summed E-state index contributed by atoms with van der Waals surface area (Å²) in [4.78, 5) is 0. The third-order valence-electron chi connectivity index (χ3n) is 2.83. The van der Waals surface area contributed by atoms with Crippen LogP contribution in [0, 0.1) is 5.92 Å². The molecule has 2 atom stereocenters. The van der Waals surface area contributed by atoms with Gasteiger partial charge in [0.15, 0.2) is 0 Å². The Bertz CT molecular complexity index is 134. The predicted octanol–water partition coefficient (Wildman–Crippen LogP) is 2.19. The molecule has 1 rings (SSSR count). The van der Waals surface area contributed by atoms with Crippen LogP contribution in [0.1, 0.15) is 39.5 Å². The van der Waals surface area contributed by atoms with Gasteiger partial charge in [0.2, 0.25) is 0 Å².